The number of aryl methyl sites for hydroxylation is 1. The second kappa shape index (κ2) is 7.76. The number of hydrogen-bond acceptors (Lipinski definition) is 3. The molecule has 0 atom stereocenters. The predicted octanol–water partition coefficient (Wildman–Crippen LogP) is 4.52. The first-order chi connectivity index (χ1) is 13.2. The second-order valence-corrected chi connectivity index (χ2v) is 7.41. The number of fused-ring (bicyclic) bond motifs is 1. The van der Waals surface area contributed by atoms with Crippen LogP contribution in [0.15, 0.2) is 65.4 Å². The number of amides is 2. The van der Waals surface area contributed by atoms with Crippen molar-refractivity contribution in [3.05, 3.63) is 82.0 Å². The Balaban J connectivity index is 1.51. The van der Waals surface area contributed by atoms with Gasteiger partial charge in [0.2, 0.25) is 5.91 Å². The van der Waals surface area contributed by atoms with E-state index in [1.807, 2.05) is 70.3 Å². The van der Waals surface area contributed by atoms with Crippen LogP contribution in [-0.4, -0.2) is 18.4 Å². The summed E-state index contributed by atoms with van der Waals surface area (Å²) in [5.41, 5.74) is 4.53. The van der Waals surface area contributed by atoms with E-state index in [1.165, 1.54) is 0 Å². The lowest BCUT2D eigenvalue weighted by molar-refractivity contribution is -0.115. The van der Waals surface area contributed by atoms with Crippen LogP contribution in [0.2, 0.25) is 0 Å². The van der Waals surface area contributed by atoms with E-state index >= 15 is 0 Å². The van der Waals surface area contributed by atoms with Gasteiger partial charge in [0.15, 0.2) is 0 Å². The van der Waals surface area contributed by atoms with E-state index in [9.17, 15) is 9.59 Å². The number of nitrogens with one attached hydrogen (secondary N) is 1. The molecule has 0 saturated heterocycles. The summed E-state index contributed by atoms with van der Waals surface area (Å²) in [4.78, 5) is 26.9. The lowest BCUT2D eigenvalue weighted by Crippen LogP contribution is -2.35. The SMILES string of the molecule is O=C(Cc1ccsc1)Nc1ccc2c(c1)CCCN2C(=O)c1ccccc1. The van der Waals surface area contributed by atoms with Gasteiger partial charge in [-0.1, -0.05) is 18.2 Å². The van der Waals surface area contributed by atoms with Crippen LogP contribution >= 0.6 is 11.3 Å². The van der Waals surface area contributed by atoms with Gasteiger partial charge in [0, 0.05) is 23.5 Å². The molecule has 0 aliphatic carbocycles. The average molecular weight is 376 g/mol. The number of thiophene rings is 1. The summed E-state index contributed by atoms with van der Waals surface area (Å²) < 4.78 is 0. The zero-order chi connectivity index (χ0) is 18.6. The highest BCUT2D eigenvalue weighted by Gasteiger charge is 2.23. The predicted molar refractivity (Wildman–Crippen MR) is 110 cm³/mol. The minimum absolute atomic E-state index is 0.0193. The number of hydrogen-bond donors (Lipinski definition) is 1. The molecule has 1 aliphatic rings. The third-order valence-corrected chi connectivity index (χ3v) is 5.42. The van der Waals surface area contributed by atoms with Gasteiger partial charge in [0.05, 0.1) is 6.42 Å². The molecule has 0 unspecified atom stereocenters. The monoisotopic (exact) mass is 376 g/mol. The highest BCUT2D eigenvalue weighted by atomic mass is 32.1. The lowest BCUT2D eigenvalue weighted by atomic mass is 10.00. The topological polar surface area (TPSA) is 49.4 Å². The van der Waals surface area contributed by atoms with Crippen LogP contribution in [-0.2, 0) is 17.6 Å². The van der Waals surface area contributed by atoms with Crippen molar-refractivity contribution in [2.75, 3.05) is 16.8 Å². The Morgan fingerprint density at radius 1 is 1.07 bits per heavy atom. The van der Waals surface area contributed by atoms with Crippen LogP contribution in [0.4, 0.5) is 11.4 Å². The first-order valence-electron chi connectivity index (χ1n) is 9.01. The molecule has 0 radical (unpaired) electrons. The van der Waals surface area contributed by atoms with Gasteiger partial charge in [-0.2, -0.15) is 11.3 Å². The molecular formula is C22H20N2O2S. The van der Waals surface area contributed by atoms with Crippen molar-refractivity contribution in [3.8, 4) is 0 Å². The van der Waals surface area contributed by atoms with E-state index in [4.69, 9.17) is 0 Å². The van der Waals surface area contributed by atoms with E-state index in [2.05, 4.69) is 5.32 Å². The zero-order valence-electron chi connectivity index (χ0n) is 14.9. The fourth-order valence-corrected chi connectivity index (χ4v) is 4.07. The summed E-state index contributed by atoms with van der Waals surface area (Å²) in [6.45, 7) is 0.713. The van der Waals surface area contributed by atoms with Gasteiger partial charge in [0.25, 0.3) is 5.91 Å². The molecule has 4 nitrogen and oxygen atoms in total. The van der Waals surface area contributed by atoms with Gasteiger partial charge >= 0.3 is 0 Å². The number of benzene rings is 2. The minimum Gasteiger partial charge on any atom is -0.326 e. The number of rotatable bonds is 4. The maximum absolute atomic E-state index is 12.9. The summed E-state index contributed by atoms with van der Waals surface area (Å²) >= 11 is 1.59. The fourth-order valence-electron chi connectivity index (χ4n) is 3.41. The van der Waals surface area contributed by atoms with E-state index in [-0.39, 0.29) is 11.8 Å². The Hall–Kier alpha value is -2.92. The van der Waals surface area contributed by atoms with Crippen molar-refractivity contribution in [1.29, 1.82) is 0 Å². The number of carbonyl (C=O) groups excluding carboxylic acids is 2. The smallest absolute Gasteiger partial charge is 0.258 e. The Labute approximate surface area is 162 Å². The van der Waals surface area contributed by atoms with Crippen molar-refractivity contribution in [1.82, 2.24) is 0 Å². The Morgan fingerprint density at radius 3 is 2.70 bits per heavy atom. The Bertz CT molecular complexity index is 952. The molecule has 2 aromatic carbocycles. The summed E-state index contributed by atoms with van der Waals surface area (Å²) in [5, 5.41) is 6.93. The van der Waals surface area contributed by atoms with E-state index < -0.39 is 0 Å². The maximum atomic E-state index is 12.9. The second-order valence-electron chi connectivity index (χ2n) is 6.63. The van der Waals surface area contributed by atoms with Gasteiger partial charge in [-0.3, -0.25) is 9.59 Å². The molecule has 1 aliphatic heterocycles. The molecule has 2 heterocycles. The van der Waals surface area contributed by atoms with E-state index in [0.717, 1.165) is 35.3 Å². The molecule has 5 heteroatoms. The fraction of sp³-hybridized carbons (Fsp3) is 0.182. The van der Waals surface area contributed by atoms with Crippen LogP contribution in [0.3, 0.4) is 0 Å². The van der Waals surface area contributed by atoms with E-state index in [0.29, 0.717) is 18.5 Å². The Kier molecular flexibility index (Phi) is 5.03. The maximum Gasteiger partial charge on any atom is 0.258 e. The molecule has 2 amide bonds. The molecule has 1 aromatic heterocycles. The normalized spacial score (nSPS) is 13.1. The quantitative estimate of drug-likeness (QED) is 0.728. The van der Waals surface area contributed by atoms with Crippen LogP contribution in [0.25, 0.3) is 0 Å². The standard InChI is InChI=1S/C22H20N2O2S/c25-21(13-16-10-12-27-15-16)23-19-8-9-20-18(14-19)7-4-11-24(20)22(26)17-5-2-1-3-6-17/h1-3,5-6,8-10,12,14-15H,4,7,11,13H2,(H,23,25). The van der Waals surface area contributed by atoms with Gasteiger partial charge in [-0.05, 0) is 71.1 Å². The molecule has 0 saturated carbocycles. The van der Waals surface area contributed by atoms with Gasteiger partial charge in [0.1, 0.15) is 0 Å². The van der Waals surface area contributed by atoms with Crippen molar-refractivity contribution >= 4 is 34.5 Å². The first kappa shape index (κ1) is 17.5. The summed E-state index contributed by atoms with van der Waals surface area (Å²) in [6.07, 6.45) is 2.19. The largest absolute Gasteiger partial charge is 0.326 e. The third-order valence-electron chi connectivity index (χ3n) is 4.69. The highest BCUT2D eigenvalue weighted by Crippen LogP contribution is 2.31. The van der Waals surface area contributed by atoms with Crippen LogP contribution < -0.4 is 10.2 Å². The summed E-state index contributed by atoms with van der Waals surface area (Å²) in [5.74, 6) is -0.00725. The highest BCUT2D eigenvalue weighted by molar-refractivity contribution is 7.08. The van der Waals surface area contributed by atoms with Gasteiger partial charge in [-0.25, -0.2) is 0 Å². The first-order valence-corrected chi connectivity index (χ1v) is 9.96. The molecule has 0 fully saturated rings. The average Bonchev–Trinajstić information content (AvgIpc) is 3.20. The third kappa shape index (κ3) is 3.93. The summed E-state index contributed by atoms with van der Waals surface area (Å²) in [6, 6.07) is 17.1. The molecule has 1 N–H and O–H groups in total. The van der Waals surface area contributed by atoms with Crippen molar-refractivity contribution in [2.24, 2.45) is 0 Å². The molecule has 4 rings (SSSR count). The van der Waals surface area contributed by atoms with Crippen LogP contribution in [0.1, 0.15) is 27.9 Å². The molecule has 0 spiro atoms. The van der Waals surface area contributed by atoms with Crippen LogP contribution in [0.5, 0.6) is 0 Å². The number of nitrogens with zero attached hydrogens (tertiary/aromatic N) is 1. The lowest BCUT2D eigenvalue weighted by Gasteiger charge is -2.30. The molecule has 136 valence electrons. The van der Waals surface area contributed by atoms with Crippen molar-refractivity contribution < 1.29 is 9.59 Å². The van der Waals surface area contributed by atoms with Crippen LogP contribution in [0, 0.1) is 0 Å². The summed E-state index contributed by atoms with van der Waals surface area (Å²) in [7, 11) is 0. The molecular weight excluding hydrogens is 356 g/mol. The Morgan fingerprint density at radius 2 is 1.93 bits per heavy atom. The van der Waals surface area contributed by atoms with Crippen molar-refractivity contribution in [3.63, 3.8) is 0 Å². The molecule has 0 bridgehead atoms. The van der Waals surface area contributed by atoms with E-state index in [1.54, 1.807) is 11.3 Å². The zero-order valence-corrected chi connectivity index (χ0v) is 15.7. The van der Waals surface area contributed by atoms with Crippen molar-refractivity contribution in [2.45, 2.75) is 19.3 Å². The van der Waals surface area contributed by atoms with Gasteiger partial charge < -0.3 is 10.2 Å². The number of carbonyl (C=O) groups is 2. The molecule has 27 heavy (non-hydrogen) atoms. The number of anilines is 2. The van der Waals surface area contributed by atoms with Gasteiger partial charge in [-0.15, -0.1) is 0 Å². The molecule has 3 aromatic rings. The minimum atomic E-state index is -0.0265.